The summed E-state index contributed by atoms with van der Waals surface area (Å²) >= 11 is 0. The number of carbonyl (C=O) groups excluding carboxylic acids is 1. The lowest BCUT2D eigenvalue weighted by molar-refractivity contribution is -0.142. The molecule has 0 saturated heterocycles. The van der Waals surface area contributed by atoms with Gasteiger partial charge in [0.25, 0.3) is 0 Å². The number of nitrogens with one attached hydrogen (secondary N) is 1. The zero-order chi connectivity index (χ0) is 19.4. The van der Waals surface area contributed by atoms with E-state index in [1.54, 1.807) is 0 Å². The molecule has 12 heteroatoms. The van der Waals surface area contributed by atoms with Crippen molar-refractivity contribution < 1.29 is 43.8 Å². The maximum atomic E-state index is 11.8. The number of aliphatic hydroxyl groups excluding tert-OH is 1. The number of rotatable bonds is 8. The smallest absolute Gasteiger partial charge is 0.504 e. The molecule has 8 N–H and O–H groups in total. The van der Waals surface area contributed by atoms with Crippen molar-refractivity contribution in [2.24, 2.45) is 5.73 Å². The molecule has 0 fully saturated rings. The molecule has 11 nitrogen and oxygen atoms in total. The van der Waals surface area contributed by atoms with E-state index in [0.29, 0.717) is 0 Å². The number of hydrogen-bond donors (Lipinski definition) is 7. The van der Waals surface area contributed by atoms with E-state index in [2.05, 4.69) is 9.84 Å². The number of phosphoric acid groups is 1. The quantitative estimate of drug-likeness (QED) is 0.266. The highest BCUT2D eigenvalue weighted by Gasteiger charge is 2.26. The first-order valence-electron chi connectivity index (χ1n) is 6.94. The van der Waals surface area contributed by atoms with Gasteiger partial charge in [-0.1, -0.05) is 6.07 Å². The third-order valence-corrected chi connectivity index (χ3v) is 3.55. The van der Waals surface area contributed by atoms with Crippen LogP contribution < -0.4 is 15.6 Å². The SMILES string of the molecule is C[C@@H](O)[C@H](N)C(=O)N[C@@H](Cc1ccc(OP(=O)(O)O)c(O)c1)C(=O)O. The van der Waals surface area contributed by atoms with Crippen molar-refractivity contribution in [3.63, 3.8) is 0 Å². The van der Waals surface area contributed by atoms with E-state index in [1.807, 2.05) is 0 Å². The molecule has 1 aromatic carbocycles. The molecule has 0 saturated carbocycles. The average Bonchev–Trinajstić information content (AvgIpc) is 2.46. The van der Waals surface area contributed by atoms with Crippen LogP contribution in [-0.4, -0.2) is 55.2 Å². The highest BCUT2D eigenvalue weighted by Crippen LogP contribution is 2.41. The minimum absolute atomic E-state index is 0.244. The fourth-order valence-electron chi connectivity index (χ4n) is 1.82. The number of phosphoric ester groups is 1. The molecule has 25 heavy (non-hydrogen) atoms. The number of aromatic hydroxyl groups is 1. The van der Waals surface area contributed by atoms with Gasteiger partial charge in [0, 0.05) is 6.42 Å². The van der Waals surface area contributed by atoms with E-state index in [9.17, 15) is 29.5 Å². The Bertz CT molecular complexity index is 688. The minimum Gasteiger partial charge on any atom is -0.504 e. The van der Waals surface area contributed by atoms with Crippen molar-refractivity contribution in [2.75, 3.05) is 0 Å². The zero-order valence-electron chi connectivity index (χ0n) is 13.1. The fourth-order valence-corrected chi connectivity index (χ4v) is 2.23. The largest absolute Gasteiger partial charge is 0.524 e. The van der Waals surface area contributed by atoms with Gasteiger partial charge in [-0.3, -0.25) is 14.6 Å². The van der Waals surface area contributed by atoms with Gasteiger partial charge in [-0.2, -0.15) is 0 Å². The summed E-state index contributed by atoms with van der Waals surface area (Å²) in [7, 11) is -4.86. The average molecular weight is 378 g/mol. The van der Waals surface area contributed by atoms with Crippen molar-refractivity contribution in [2.45, 2.75) is 31.5 Å². The first-order chi connectivity index (χ1) is 11.4. The summed E-state index contributed by atoms with van der Waals surface area (Å²) in [4.78, 5) is 40.4. The second-order valence-corrected chi connectivity index (χ2v) is 6.42. The fraction of sp³-hybridized carbons (Fsp3) is 0.385. The first-order valence-corrected chi connectivity index (χ1v) is 8.47. The number of phenolic OH excluding ortho intramolecular Hbond substituents is 1. The van der Waals surface area contributed by atoms with Crippen LogP contribution in [0.15, 0.2) is 18.2 Å². The lowest BCUT2D eigenvalue weighted by atomic mass is 10.0. The van der Waals surface area contributed by atoms with Gasteiger partial charge in [-0.05, 0) is 24.6 Å². The molecule has 0 aliphatic rings. The second-order valence-electron chi connectivity index (χ2n) is 5.25. The number of amides is 1. The second kappa shape index (κ2) is 8.28. The summed E-state index contributed by atoms with van der Waals surface area (Å²) in [5.74, 6) is -3.34. The Morgan fingerprint density at radius 3 is 2.40 bits per heavy atom. The Morgan fingerprint density at radius 2 is 1.96 bits per heavy atom. The van der Waals surface area contributed by atoms with Gasteiger partial charge >= 0.3 is 13.8 Å². The Morgan fingerprint density at radius 1 is 1.36 bits per heavy atom. The van der Waals surface area contributed by atoms with Crippen LogP contribution in [0.1, 0.15) is 12.5 Å². The number of carboxylic acids is 1. The number of benzene rings is 1. The predicted molar refractivity (Wildman–Crippen MR) is 83.7 cm³/mol. The number of phenols is 1. The van der Waals surface area contributed by atoms with E-state index < -0.39 is 49.4 Å². The standard InChI is InChI=1S/C13H19N2O9P/c1-6(16)11(14)12(18)15-8(13(19)20)4-7-2-3-10(9(17)5-7)24-25(21,22)23/h2-3,5-6,8,11,16-17H,4,14H2,1H3,(H,15,18)(H,19,20)(H2,21,22,23)/t6-,8+,11+/m1/s1. The Labute approximate surface area is 142 Å². The van der Waals surface area contributed by atoms with E-state index >= 15 is 0 Å². The Hall–Kier alpha value is -2.17. The number of aliphatic hydroxyl groups is 1. The highest BCUT2D eigenvalue weighted by molar-refractivity contribution is 7.46. The molecule has 0 spiro atoms. The van der Waals surface area contributed by atoms with Gasteiger partial charge in [0.2, 0.25) is 5.91 Å². The van der Waals surface area contributed by atoms with Crippen LogP contribution in [0.5, 0.6) is 11.5 Å². The topological polar surface area (TPSA) is 200 Å². The normalized spacial score (nSPS) is 15.1. The highest BCUT2D eigenvalue weighted by atomic mass is 31.2. The van der Waals surface area contributed by atoms with Crippen molar-refractivity contribution in [3.05, 3.63) is 23.8 Å². The molecule has 0 radical (unpaired) electrons. The van der Waals surface area contributed by atoms with E-state index in [0.717, 1.165) is 12.1 Å². The molecule has 3 atom stereocenters. The lowest BCUT2D eigenvalue weighted by Crippen LogP contribution is -2.52. The van der Waals surface area contributed by atoms with E-state index in [-0.39, 0.29) is 12.0 Å². The van der Waals surface area contributed by atoms with Crippen LogP contribution in [0.2, 0.25) is 0 Å². The van der Waals surface area contributed by atoms with Gasteiger partial charge in [0.15, 0.2) is 11.5 Å². The molecule has 0 aromatic heterocycles. The van der Waals surface area contributed by atoms with Crippen LogP contribution >= 0.6 is 7.82 Å². The maximum Gasteiger partial charge on any atom is 0.524 e. The summed E-state index contributed by atoms with van der Waals surface area (Å²) < 4.78 is 15.0. The lowest BCUT2D eigenvalue weighted by Gasteiger charge is -2.19. The van der Waals surface area contributed by atoms with Crippen molar-refractivity contribution in [3.8, 4) is 11.5 Å². The van der Waals surface area contributed by atoms with E-state index in [1.165, 1.54) is 13.0 Å². The monoisotopic (exact) mass is 378 g/mol. The number of hydrogen-bond acceptors (Lipinski definition) is 7. The van der Waals surface area contributed by atoms with Gasteiger partial charge in [-0.25, -0.2) is 9.36 Å². The number of aliphatic carboxylic acids is 1. The van der Waals surface area contributed by atoms with Crippen LogP contribution in [0.3, 0.4) is 0 Å². The molecule has 1 aromatic rings. The van der Waals surface area contributed by atoms with Crippen molar-refractivity contribution in [1.82, 2.24) is 5.32 Å². The zero-order valence-corrected chi connectivity index (χ0v) is 14.0. The van der Waals surface area contributed by atoms with Crippen LogP contribution in [-0.2, 0) is 20.6 Å². The van der Waals surface area contributed by atoms with Gasteiger partial charge in [0.1, 0.15) is 12.1 Å². The summed E-state index contributed by atoms with van der Waals surface area (Å²) in [6.07, 6.45) is -1.43. The third kappa shape index (κ3) is 6.69. The Balaban J connectivity index is 2.89. The van der Waals surface area contributed by atoms with Crippen LogP contribution in [0, 0.1) is 0 Å². The minimum atomic E-state index is -4.86. The summed E-state index contributed by atoms with van der Waals surface area (Å²) in [5, 5.41) is 30.3. The summed E-state index contributed by atoms with van der Waals surface area (Å²) in [6.45, 7) is 1.28. The molecular weight excluding hydrogens is 359 g/mol. The predicted octanol–water partition coefficient (Wildman–Crippen LogP) is -1.32. The molecule has 0 heterocycles. The molecule has 0 aliphatic heterocycles. The molecule has 0 aliphatic carbocycles. The first kappa shape index (κ1) is 20.9. The van der Waals surface area contributed by atoms with Crippen molar-refractivity contribution in [1.29, 1.82) is 0 Å². The van der Waals surface area contributed by atoms with Gasteiger partial charge < -0.3 is 30.9 Å². The number of carboxylic acid groups (broad SMARTS) is 1. The van der Waals surface area contributed by atoms with Crippen LogP contribution in [0.4, 0.5) is 0 Å². The van der Waals surface area contributed by atoms with Crippen LogP contribution in [0.25, 0.3) is 0 Å². The van der Waals surface area contributed by atoms with E-state index in [4.69, 9.17) is 15.5 Å². The summed E-state index contributed by atoms with van der Waals surface area (Å²) in [6, 6.07) is 0.647. The Kier molecular flexibility index (Phi) is 6.91. The van der Waals surface area contributed by atoms with Crippen molar-refractivity contribution >= 4 is 19.7 Å². The number of nitrogens with two attached hydrogens (primary N) is 1. The molecule has 140 valence electrons. The summed E-state index contributed by atoms with van der Waals surface area (Å²) in [5.41, 5.74) is 5.66. The molecular formula is C13H19N2O9P. The third-order valence-electron chi connectivity index (χ3n) is 3.12. The molecule has 0 bridgehead atoms. The maximum absolute atomic E-state index is 11.8. The molecule has 1 amide bonds. The number of carbonyl (C=O) groups is 2. The molecule has 1 rings (SSSR count). The van der Waals surface area contributed by atoms with Gasteiger partial charge in [-0.15, -0.1) is 0 Å². The molecule has 0 unspecified atom stereocenters. The van der Waals surface area contributed by atoms with Gasteiger partial charge in [0.05, 0.1) is 6.10 Å².